The van der Waals surface area contributed by atoms with Gasteiger partial charge < -0.3 is 5.11 Å². The minimum absolute atomic E-state index is 0.183. The van der Waals surface area contributed by atoms with E-state index in [0.717, 1.165) is 12.0 Å². The predicted octanol–water partition coefficient (Wildman–Crippen LogP) is 3.99. The van der Waals surface area contributed by atoms with Gasteiger partial charge >= 0.3 is 5.97 Å². The van der Waals surface area contributed by atoms with Crippen LogP contribution >= 0.6 is 11.3 Å². The van der Waals surface area contributed by atoms with Crippen molar-refractivity contribution in [3.8, 4) is 0 Å². The van der Waals surface area contributed by atoms with Crippen LogP contribution in [-0.2, 0) is 0 Å². The van der Waals surface area contributed by atoms with Crippen LogP contribution in [-0.4, -0.2) is 11.1 Å². The summed E-state index contributed by atoms with van der Waals surface area (Å²) in [5, 5.41) is 11.2. The van der Waals surface area contributed by atoms with Gasteiger partial charge in [0.15, 0.2) is 0 Å². The quantitative estimate of drug-likeness (QED) is 0.885. The standard InChI is InChI=1S/C14H14O2S/c1-2-10(13-8-5-9-17-13)11-6-3-4-7-12(11)14(15)16/h3-10H,2H2,1H3,(H,15,16). The largest absolute Gasteiger partial charge is 0.478 e. The maximum atomic E-state index is 11.2. The molecule has 0 aliphatic heterocycles. The summed E-state index contributed by atoms with van der Waals surface area (Å²) in [7, 11) is 0. The Kier molecular flexibility index (Phi) is 3.59. The summed E-state index contributed by atoms with van der Waals surface area (Å²) in [6.07, 6.45) is 0.908. The lowest BCUT2D eigenvalue weighted by molar-refractivity contribution is 0.0695. The van der Waals surface area contributed by atoms with E-state index in [-0.39, 0.29) is 5.92 Å². The smallest absolute Gasteiger partial charge is 0.335 e. The summed E-state index contributed by atoms with van der Waals surface area (Å²) in [5.74, 6) is -0.669. The van der Waals surface area contributed by atoms with Crippen molar-refractivity contribution >= 4 is 17.3 Å². The SMILES string of the molecule is CCC(c1cccs1)c1ccccc1C(=O)O. The fourth-order valence-corrected chi connectivity index (χ4v) is 2.99. The number of rotatable bonds is 4. The van der Waals surface area contributed by atoms with Crippen LogP contribution in [0.15, 0.2) is 41.8 Å². The summed E-state index contributed by atoms with van der Waals surface area (Å²) in [6.45, 7) is 2.09. The van der Waals surface area contributed by atoms with E-state index in [2.05, 4.69) is 13.0 Å². The molecule has 1 unspecified atom stereocenters. The molecule has 88 valence electrons. The maximum Gasteiger partial charge on any atom is 0.335 e. The van der Waals surface area contributed by atoms with E-state index in [4.69, 9.17) is 0 Å². The molecule has 2 aromatic rings. The second kappa shape index (κ2) is 5.15. The van der Waals surface area contributed by atoms with E-state index in [1.165, 1.54) is 4.88 Å². The van der Waals surface area contributed by atoms with Gasteiger partial charge in [-0.3, -0.25) is 0 Å². The van der Waals surface area contributed by atoms with Crippen molar-refractivity contribution in [3.05, 3.63) is 57.8 Å². The van der Waals surface area contributed by atoms with E-state index in [0.29, 0.717) is 5.56 Å². The Morgan fingerprint density at radius 1 is 1.29 bits per heavy atom. The Morgan fingerprint density at radius 2 is 2.06 bits per heavy atom. The molecule has 0 saturated carbocycles. The fraction of sp³-hybridized carbons (Fsp3) is 0.214. The van der Waals surface area contributed by atoms with Crippen LogP contribution in [0.1, 0.15) is 40.1 Å². The van der Waals surface area contributed by atoms with Crippen LogP contribution < -0.4 is 0 Å². The third kappa shape index (κ3) is 2.39. The van der Waals surface area contributed by atoms with Gasteiger partial charge in [0, 0.05) is 10.8 Å². The first kappa shape index (κ1) is 11.9. The Balaban J connectivity index is 2.48. The van der Waals surface area contributed by atoms with Crippen LogP contribution in [0.3, 0.4) is 0 Å². The van der Waals surface area contributed by atoms with Gasteiger partial charge in [0.2, 0.25) is 0 Å². The second-order valence-corrected chi connectivity index (χ2v) is 4.85. The molecule has 0 aliphatic rings. The number of benzene rings is 1. The molecule has 3 heteroatoms. The highest BCUT2D eigenvalue weighted by atomic mass is 32.1. The van der Waals surface area contributed by atoms with Gasteiger partial charge in [0.1, 0.15) is 0 Å². The Bertz CT molecular complexity index is 503. The molecule has 1 aromatic heterocycles. The van der Waals surface area contributed by atoms with Gasteiger partial charge in [-0.15, -0.1) is 11.3 Å². The zero-order valence-corrected chi connectivity index (χ0v) is 10.4. The van der Waals surface area contributed by atoms with Crippen molar-refractivity contribution < 1.29 is 9.90 Å². The molecule has 1 atom stereocenters. The van der Waals surface area contributed by atoms with Crippen LogP contribution in [0, 0.1) is 0 Å². The van der Waals surface area contributed by atoms with Crippen molar-refractivity contribution in [2.75, 3.05) is 0 Å². The van der Waals surface area contributed by atoms with Crippen LogP contribution in [0.5, 0.6) is 0 Å². The lowest BCUT2D eigenvalue weighted by atomic mass is 9.91. The molecule has 1 heterocycles. The van der Waals surface area contributed by atoms with Gasteiger partial charge in [-0.1, -0.05) is 31.2 Å². The van der Waals surface area contributed by atoms with E-state index >= 15 is 0 Å². The topological polar surface area (TPSA) is 37.3 Å². The van der Waals surface area contributed by atoms with Crippen molar-refractivity contribution in [3.63, 3.8) is 0 Å². The van der Waals surface area contributed by atoms with E-state index in [1.54, 1.807) is 23.5 Å². The predicted molar refractivity (Wildman–Crippen MR) is 69.9 cm³/mol. The van der Waals surface area contributed by atoms with Crippen LogP contribution in [0.2, 0.25) is 0 Å². The molecule has 0 aliphatic carbocycles. The number of hydrogen-bond acceptors (Lipinski definition) is 2. The molecule has 0 spiro atoms. The van der Waals surface area contributed by atoms with Crippen molar-refractivity contribution in [1.82, 2.24) is 0 Å². The van der Waals surface area contributed by atoms with Gasteiger partial charge in [0.05, 0.1) is 5.56 Å². The lowest BCUT2D eigenvalue weighted by Gasteiger charge is -2.16. The zero-order chi connectivity index (χ0) is 12.3. The average molecular weight is 246 g/mol. The number of carboxylic acid groups (broad SMARTS) is 1. The molecule has 0 amide bonds. The summed E-state index contributed by atoms with van der Waals surface area (Å²) in [5.41, 5.74) is 1.32. The van der Waals surface area contributed by atoms with Gasteiger partial charge in [0.25, 0.3) is 0 Å². The summed E-state index contributed by atoms with van der Waals surface area (Å²) >= 11 is 1.68. The molecular weight excluding hydrogens is 232 g/mol. The maximum absolute atomic E-state index is 11.2. The van der Waals surface area contributed by atoms with E-state index < -0.39 is 5.97 Å². The monoisotopic (exact) mass is 246 g/mol. The number of hydrogen-bond donors (Lipinski definition) is 1. The van der Waals surface area contributed by atoms with Gasteiger partial charge in [-0.05, 0) is 29.5 Å². The average Bonchev–Trinajstić information content (AvgIpc) is 2.84. The first-order chi connectivity index (χ1) is 8.24. The highest BCUT2D eigenvalue weighted by Crippen LogP contribution is 2.32. The molecule has 0 saturated heterocycles. The van der Waals surface area contributed by atoms with Gasteiger partial charge in [-0.25, -0.2) is 4.79 Å². The van der Waals surface area contributed by atoms with E-state index in [1.807, 2.05) is 23.6 Å². The molecule has 2 nitrogen and oxygen atoms in total. The van der Waals surface area contributed by atoms with Crippen molar-refractivity contribution in [2.24, 2.45) is 0 Å². The van der Waals surface area contributed by atoms with Crippen molar-refractivity contribution in [2.45, 2.75) is 19.3 Å². The lowest BCUT2D eigenvalue weighted by Crippen LogP contribution is -2.07. The van der Waals surface area contributed by atoms with Crippen molar-refractivity contribution in [1.29, 1.82) is 0 Å². The Labute approximate surface area is 105 Å². The molecule has 0 bridgehead atoms. The summed E-state index contributed by atoms with van der Waals surface area (Å²) in [6, 6.07) is 11.3. The normalized spacial score (nSPS) is 12.3. The number of carbonyl (C=O) groups is 1. The molecule has 17 heavy (non-hydrogen) atoms. The van der Waals surface area contributed by atoms with Crippen LogP contribution in [0.4, 0.5) is 0 Å². The third-order valence-electron chi connectivity index (χ3n) is 2.86. The highest BCUT2D eigenvalue weighted by Gasteiger charge is 2.19. The first-order valence-electron chi connectivity index (χ1n) is 5.59. The molecule has 0 fully saturated rings. The minimum Gasteiger partial charge on any atom is -0.478 e. The molecule has 2 rings (SSSR count). The highest BCUT2D eigenvalue weighted by molar-refractivity contribution is 7.10. The number of carboxylic acids is 1. The zero-order valence-electron chi connectivity index (χ0n) is 9.59. The third-order valence-corrected chi connectivity index (χ3v) is 3.85. The van der Waals surface area contributed by atoms with Crippen LogP contribution in [0.25, 0.3) is 0 Å². The van der Waals surface area contributed by atoms with E-state index in [9.17, 15) is 9.90 Å². The van der Waals surface area contributed by atoms with Gasteiger partial charge in [-0.2, -0.15) is 0 Å². The minimum atomic E-state index is -0.851. The first-order valence-corrected chi connectivity index (χ1v) is 6.47. The molecule has 0 radical (unpaired) electrons. The number of aromatic carboxylic acids is 1. The molecule has 1 N–H and O–H groups in total. The fourth-order valence-electron chi connectivity index (χ4n) is 2.06. The molecular formula is C14H14O2S. The second-order valence-electron chi connectivity index (χ2n) is 3.87. The molecule has 1 aromatic carbocycles. The Hall–Kier alpha value is -1.61. The number of thiophene rings is 1. The Morgan fingerprint density at radius 3 is 2.65 bits per heavy atom. The summed E-state index contributed by atoms with van der Waals surface area (Å²) in [4.78, 5) is 12.4. The summed E-state index contributed by atoms with van der Waals surface area (Å²) < 4.78 is 0.